The maximum absolute atomic E-state index is 12.4. The van der Waals surface area contributed by atoms with Crippen LogP contribution in [0, 0.1) is 6.92 Å². The molecule has 0 radical (unpaired) electrons. The highest BCUT2D eigenvalue weighted by molar-refractivity contribution is 9.10. The molecule has 1 heterocycles. The second-order valence-corrected chi connectivity index (χ2v) is 6.37. The van der Waals surface area contributed by atoms with E-state index in [2.05, 4.69) is 38.1 Å². The van der Waals surface area contributed by atoms with Crippen LogP contribution in [-0.2, 0) is 0 Å². The third-order valence-electron chi connectivity index (χ3n) is 3.56. The second-order valence-electron chi connectivity index (χ2n) is 5.45. The fourth-order valence-electron chi connectivity index (χ4n) is 2.14. The molecule has 0 atom stereocenters. The summed E-state index contributed by atoms with van der Waals surface area (Å²) in [6.07, 6.45) is 3.63. The zero-order chi connectivity index (χ0) is 16.8. The normalized spacial score (nSPS) is 10.4. The van der Waals surface area contributed by atoms with Gasteiger partial charge < -0.3 is 10.2 Å². The van der Waals surface area contributed by atoms with Gasteiger partial charge in [0.15, 0.2) is 0 Å². The molecule has 0 saturated carbocycles. The lowest BCUT2D eigenvalue weighted by atomic mass is 10.2. The molecule has 5 nitrogen and oxygen atoms in total. The molecular weight excluding hydrogens is 356 g/mol. The number of carbonyl (C=O) groups excluding carboxylic acids is 1. The van der Waals surface area contributed by atoms with Gasteiger partial charge in [-0.2, -0.15) is 0 Å². The van der Waals surface area contributed by atoms with Crippen molar-refractivity contribution in [1.29, 1.82) is 0 Å². The molecule has 2 aromatic rings. The van der Waals surface area contributed by atoms with Gasteiger partial charge in [0.1, 0.15) is 17.8 Å². The molecule has 0 aliphatic carbocycles. The lowest BCUT2D eigenvalue weighted by molar-refractivity contribution is 0.102. The summed E-state index contributed by atoms with van der Waals surface area (Å²) in [6.45, 7) is 5.00. The minimum absolute atomic E-state index is 0.233. The van der Waals surface area contributed by atoms with Crippen molar-refractivity contribution >= 4 is 33.3 Å². The van der Waals surface area contributed by atoms with Gasteiger partial charge in [0.25, 0.3) is 5.91 Å². The van der Waals surface area contributed by atoms with Crippen LogP contribution in [0.2, 0.25) is 0 Å². The third-order valence-corrected chi connectivity index (χ3v) is 4.05. The van der Waals surface area contributed by atoms with Crippen LogP contribution in [0.4, 0.5) is 11.5 Å². The van der Waals surface area contributed by atoms with Crippen molar-refractivity contribution in [3.8, 4) is 0 Å². The summed E-state index contributed by atoms with van der Waals surface area (Å²) >= 11 is 3.41. The number of halogens is 1. The Kier molecular flexibility index (Phi) is 6.10. The molecule has 23 heavy (non-hydrogen) atoms. The molecular formula is C17H21BrN4O. The van der Waals surface area contributed by atoms with Crippen molar-refractivity contribution in [2.75, 3.05) is 23.8 Å². The molecule has 0 aliphatic heterocycles. The first-order chi connectivity index (χ1) is 11.0. The van der Waals surface area contributed by atoms with E-state index in [0.717, 1.165) is 40.9 Å². The molecule has 0 spiro atoms. The number of hydrogen-bond acceptors (Lipinski definition) is 4. The van der Waals surface area contributed by atoms with E-state index in [0.29, 0.717) is 5.69 Å². The molecule has 0 aliphatic rings. The summed E-state index contributed by atoms with van der Waals surface area (Å²) in [5.74, 6) is 0.522. The largest absolute Gasteiger partial charge is 0.360 e. The van der Waals surface area contributed by atoms with Crippen LogP contribution >= 0.6 is 15.9 Å². The number of aryl methyl sites for hydroxylation is 1. The summed E-state index contributed by atoms with van der Waals surface area (Å²) in [5.41, 5.74) is 2.13. The monoisotopic (exact) mass is 376 g/mol. The molecule has 1 aromatic heterocycles. The van der Waals surface area contributed by atoms with E-state index >= 15 is 0 Å². The molecule has 122 valence electrons. The van der Waals surface area contributed by atoms with Crippen LogP contribution in [0.5, 0.6) is 0 Å². The van der Waals surface area contributed by atoms with Crippen LogP contribution in [0.3, 0.4) is 0 Å². The third kappa shape index (κ3) is 4.76. The zero-order valence-electron chi connectivity index (χ0n) is 13.6. The molecule has 0 saturated heterocycles. The van der Waals surface area contributed by atoms with E-state index in [1.54, 1.807) is 6.07 Å². The highest BCUT2D eigenvalue weighted by Gasteiger charge is 2.12. The van der Waals surface area contributed by atoms with Crippen molar-refractivity contribution in [1.82, 2.24) is 9.97 Å². The van der Waals surface area contributed by atoms with E-state index in [9.17, 15) is 4.79 Å². The van der Waals surface area contributed by atoms with Crippen molar-refractivity contribution in [2.45, 2.75) is 26.7 Å². The van der Waals surface area contributed by atoms with Crippen LogP contribution in [0.1, 0.15) is 35.8 Å². The number of benzene rings is 1. The van der Waals surface area contributed by atoms with Crippen LogP contribution in [0.25, 0.3) is 0 Å². The van der Waals surface area contributed by atoms with Gasteiger partial charge in [0.2, 0.25) is 0 Å². The van der Waals surface area contributed by atoms with Crippen LogP contribution in [0.15, 0.2) is 35.1 Å². The number of nitrogens with zero attached hydrogens (tertiary/aromatic N) is 3. The predicted molar refractivity (Wildman–Crippen MR) is 97.0 cm³/mol. The zero-order valence-corrected chi connectivity index (χ0v) is 15.2. The standard InChI is InChI=1S/C17H21BrN4O/c1-4-5-8-22(3)16-10-15(19-11-20-16)17(23)21-14-7-6-13(18)9-12(14)2/h6-7,9-11H,4-5,8H2,1-3H3,(H,21,23). The summed E-state index contributed by atoms with van der Waals surface area (Å²) in [6, 6.07) is 7.44. The first kappa shape index (κ1) is 17.4. The van der Waals surface area contributed by atoms with E-state index in [4.69, 9.17) is 0 Å². The van der Waals surface area contributed by atoms with Crippen molar-refractivity contribution in [3.63, 3.8) is 0 Å². The maximum atomic E-state index is 12.4. The Morgan fingerprint density at radius 1 is 1.30 bits per heavy atom. The first-order valence-corrected chi connectivity index (χ1v) is 8.41. The van der Waals surface area contributed by atoms with E-state index in [1.165, 1.54) is 6.33 Å². The average molecular weight is 377 g/mol. The highest BCUT2D eigenvalue weighted by atomic mass is 79.9. The first-order valence-electron chi connectivity index (χ1n) is 7.62. The van der Waals surface area contributed by atoms with Crippen molar-refractivity contribution in [3.05, 3.63) is 46.3 Å². The predicted octanol–water partition coefficient (Wildman–Crippen LogP) is 4.04. The Labute approximate surface area is 145 Å². The Balaban J connectivity index is 2.13. The smallest absolute Gasteiger partial charge is 0.274 e. The minimum atomic E-state index is -0.233. The number of aromatic nitrogens is 2. The Morgan fingerprint density at radius 2 is 2.09 bits per heavy atom. The second kappa shape index (κ2) is 8.06. The summed E-state index contributed by atoms with van der Waals surface area (Å²) in [5, 5.41) is 2.89. The number of amides is 1. The Bertz CT molecular complexity index is 690. The van der Waals surface area contributed by atoms with Crippen LogP contribution < -0.4 is 10.2 Å². The summed E-state index contributed by atoms with van der Waals surface area (Å²) in [4.78, 5) is 22.8. The number of rotatable bonds is 6. The van der Waals surface area contributed by atoms with Crippen LogP contribution in [-0.4, -0.2) is 29.5 Å². The van der Waals surface area contributed by atoms with Gasteiger partial charge in [0.05, 0.1) is 0 Å². The Morgan fingerprint density at radius 3 is 2.78 bits per heavy atom. The summed E-state index contributed by atoms with van der Waals surface area (Å²) in [7, 11) is 1.97. The molecule has 2 rings (SSSR count). The lowest BCUT2D eigenvalue weighted by Gasteiger charge is -2.17. The molecule has 1 amide bonds. The number of nitrogens with one attached hydrogen (secondary N) is 1. The number of unbranched alkanes of at least 4 members (excludes halogenated alkanes) is 1. The van der Waals surface area contributed by atoms with Gasteiger partial charge in [-0.1, -0.05) is 29.3 Å². The molecule has 1 N–H and O–H groups in total. The fraction of sp³-hybridized carbons (Fsp3) is 0.353. The quantitative estimate of drug-likeness (QED) is 0.826. The van der Waals surface area contributed by atoms with Gasteiger partial charge in [-0.05, 0) is 37.1 Å². The molecule has 0 unspecified atom stereocenters. The average Bonchev–Trinajstić information content (AvgIpc) is 2.55. The SMILES string of the molecule is CCCCN(C)c1cc(C(=O)Nc2ccc(Br)cc2C)ncn1. The van der Waals surface area contributed by atoms with Gasteiger partial charge in [-0.15, -0.1) is 0 Å². The van der Waals surface area contributed by atoms with Gasteiger partial charge in [0, 0.05) is 29.8 Å². The van der Waals surface area contributed by atoms with Crippen molar-refractivity contribution < 1.29 is 4.79 Å². The van der Waals surface area contributed by atoms with E-state index < -0.39 is 0 Å². The molecule has 0 fully saturated rings. The number of carbonyl (C=O) groups is 1. The van der Waals surface area contributed by atoms with Gasteiger partial charge in [-0.3, -0.25) is 4.79 Å². The molecule has 1 aromatic carbocycles. The fourth-order valence-corrected chi connectivity index (χ4v) is 2.62. The Hall–Kier alpha value is -1.95. The topological polar surface area (TPSA) is 58.1 Å². The number of hydrogen-bond donors (Lipinski definition) is 1. The van der Waals surface area contributed by atoms with Gasteiger partial charge in [-0.25, -0.2) is 9.97 Å². The van der Waals surface area contributed by atoms with Crippen molar-refractivity contribution in [2.24, 2.45) is 0 Å². The van der Waals surface area contributed by atoms with E-state index in [1.807, 2.05) is 37.1 Å². The van der Waals surface area contributed by atoms with Gasteiger partial charge >= 0.3 is 0 Å². The molecule has 0 bridgehead atoms. The summed E-state index contributed by atoms with van der Waals surface area (Å²) < 4.78 is 0.981. The lowest BCUT2D eigenvalue weighted by Crippen LogP contribution is -2.21. The van der Waals surface area contributed by atoms with E-state index in [-0.39, 0.29) is 5.91 Å². The maximum Gasteiger partial charge on any atom is 0.274 e. The highest BCUT2D eigenvalue weighted by Crippen LogP contribution is 2.21. The number of anilines is 2. The minimum Gasteiger partial charge on any atom is -0.360 e. The molecule has 6 heteroatoms.